The Balaban J connectivity index is 1.47. The minimum absolute atomic E-state index is 0.0113. The molecule has 0 saturated heterocycles. The molecule has 1 fully saturated rings. The van der Waals surface area contributed by atoms with E-state index < -0.39 is 15.8 Å². The van der Waals surface area contributed by atoms with Gasteiger partial charge in [-0.3, -0.25) is 30.0 Å². The summed E-state index contributed by atoms with van der Waals surface area (Å²) in [6.45, 7) is 0. The number of para-hydroxylation sites is 1. The maximum Gasteiger partial charge on any atom is 0.269 e. The summed E-state index contributed by atoms with van der Waals surface area (Å²) in [7, 11) is 0. The topological polar surface area (TPSA) is 128 Å². The zero-order valence-electron chi connectivity index (χ0n) is 18.4. The molecule has 35 heavy (non-hydrogen) atoms. The quantitative estimate of drug-likeness (QED) is 0.291. The molecule has 9 nitrogen and oxygen atoms in total. The largest absolute Gasteiger partial charge is 0.324 e. The van der Waals surface area contributed by atoms with Gasteiger partial charge in [-0.05, 0) is 41.5 Å². The number of amides is 1. The van der Waals surface area contributed by atoms with Crippen LogP contribution in [-0.4, -0.2) is 20.7 Å². The number of carbonyl (C=O) groups is 1. The van der Waals surface area contributed by atoms with Crippen molar-refractivity contribution in [2.75, 3.05) is 5.32 Å². The van der Waals surface area contributed by atoms with Crippen molar-refractivity contribution < 1.29 is 14.6 Å². The molecule has 1 amide bonds. The molecule has 1 aliphatic rings. The second-order valence-electron chi connectivity index (χ2n) is 8.54. The number of nitrogens with zero attached hydrogens (tertiary/aromatic N) is 3. The second-order valence-corrected chi connectivity index (χ2v) is 8.54. The molecule has 4 aromatic rings. The molecule has 1 saturated carbocycles. The van der Waals surface area contributed by atoms with Crippen LogP contribution in [0.2, 0.25) is 0 Å². The van der Waals surface area contributed by atoms with E-state index in [-0.39, 0.29) is 29.1 Å². The minimum Gasteiger partial charge on any atom is -0.324 e. The normalized spacial score (nSPS) is 19.0. The number of hydrogen-bond acceptors (Lipinski definition) is 6. The lowest BCUT2D eigenvalue weighted by Gasteiger charge is -2.44. The number of hydrogen-bond donors (Lipinski definition) is 1. The molecule has 0 radical (unpaired) electrons. The molecule has 9 heteroatoms. The van der Waals surface area contributed by atoms with Crippen molar-refractivity contribution in [3.8, 4) is 0 Å². The Kier molecular flexibility index (Phi) is 5.66. The third kappa shape index (κ3) is 4.19. The summed E-state index contributed by atoms with van der Waals surface area (Å²) < 4.78 is 0. The standard InChI is InChI=1S/C26H20N4O5/c31-26(28-23-5-1-3-18-4-2-14-27-25(18)23)24-21(16-6-10-19(11-7-16)29(32)33)15-22(24)17-8-12-20(13-9-17)30(34)35/h1-14,21-22,24H,15H2,(H,28,31). The average molecular weight is 468 g/mol. The predicted molar refractivity (Wildman–Crippen MR) is 130 cm³/mol. The molecule has 2 unspecified atom stereocenters. The highest BCUT2D eigenvalue weighted by Crippen LogP contribution is 2.53. The second kappa shape index (κ2) is 8.94. The van der Waals surface area contributed by atoms with Crippen LogP contribution >= 0.6 is 0 Å². The predicted octanol–water partition coefficient (Wildman–Crippen LogP) is 5.58. The Morgan fingerprint density at radius 2 is 1.34 bits per heavy atom. The molecular formula is C26H20N4O5. The van der Waals surface area contributed by atoms with Gasteiger partial charge >= 0.3 is 0 Å². The van der Waals surface area contributed by atoms with Crippen LogP contribution in [0.25, 0.3) is 10.9 Å². The summed E-state index contributed by atoms with van der Waals surface area (Å²) >= 11 is 0. The highest BCUT2D eigenvalue weighted by molar-refractivity contribution is 6.02. The van der Waals surface area contributed by atoms with Gasteiger partial charge in [-0.15, -0.1) is 0 Å². The van der Waals surface area contributed by atoms with E-state index in [1.54, 1.807) is 36.5 Å². The van der Waals surface area contributed by atoms with Crippen LogP contribution in [0.1, 0.15) is 29.4 Å². The number of nitro groups is 2. The van der Waals surface area contributed by atoms with E-state index in [9.17, 15) is 25.0 Å². The molecule has 3 aromatic carbocycles. The first-order valence-electron chi connectivity index (χ1n) is 11.1. The summed E-state index contributed by atoms with van der Waals surface area (Å²) in [6, 6.07) is 21.8. The van der Waals surface area contributed by atoms with Crippen molar-refractivity contribution >= 4 is 33.9 Å². The lowest BCUT2D eigenvalue weighted by molar-refractivity contribution is -0.385. The van der Waals surface area contributed by atoms with E-state index in [0.717, 1.165) is 16.5 Å². The first kappa shape index (κ1) is 22.1. The third-order valence-corrected chi connectivity index (χ3v) is 6.63. The Bertz CT molecular complexity index is 1370. The lowest BCUT2D eigenvalue weighted by atomic mass is 9.59. The van der Waals surface area contributed by atoms with Gasteiger partial charge in [-0.2, -0.15) is 0 Å². The molecule has 174 valence electrons. The van der Waals surface area contributed by atoms with Gasteiger partial charge < -0.3 is 5.32 Å². The Hall–Kier alpha value is -4.66. The monoisotopic (exact) mass is 468 g/mol. The first-order valence-corrected chi connectivity index (χ1v) is 11.1. The number of aromatic nitrogens is 1. The van der Waals surface area contributed by atoms with Crippen LogP contribution in [-0.2, 0) is 4.79 Å². The summed E-state index contributed by atoms with van der Waals surface area (Å²) in [6.07, 6.45) is 2.31. The van der Waals surface area contributed by atoms with Crippen molar-refractivity contribution in [2.24, 2.45) is 5.92 Å². The van der Waals surface area contributed by atoms with E-state index in [1.807, 2.05) is 24.3 Å². The average Bonchev–Trinajstić information content (AvgIpc) is 2.84. The molecule has 0 spiro atoms. The molecule has 0 bridgehead atoms. The van der Waals surface area contributed by atoms with Gasteiger partial charge in [0.25, 0.3) is 11.4 Å². The van der Waals surface area contributed by atoms with Crippen molar-refractivity contribution in [1.29, 1.82) is 0 Å². The number of non-ortho nitro benzene ring substituents is 2. The Labute approximate surface area is 199 Å². The van der Waals surface area contributed by atoms with Crippen LogP contribution < -0.4 is 5.32 Å². The van der Waals surface area contributed by atoms with Gasteiger partial charge in [0.1, 0.15) is 0 Å². The molecular weight excluding hydrogens is 448 g/mol. The van der Waals surface area contributed by atoms with Crippen LogP contribution in [0.3, 0.4) is 0 Å². The number of nitrogens with one attached hydrogen (secondary N) is 1. The van der Waals surface area contributed by atoms with E-state index in [1.165, 1.54) is 24.3 Å². The molecule has 2 atom stereocenters. The molecule has 1 aromatic heterocycles. The van der Waals surface area contributed by atoms with E-state index in [0.29, 0.717) is 17.6 Å². The lowest BCUT2D eigenvalue weighted by Crippen LogP contribution is -2.42. The fourth-order valence-electron chi connectivity index (χ4n) is 4.81. The maximum absolute atomic E-state index is 13.6. The van der Waals surface area contributed by atoms with Crippen LogP contribution in [0.15, 0.2) is 85.1 Å². The van der Waals surface area contributed by atoms with E-state index >= 15 is 0 Å². The number of anilines is 1. The number of benzene rings is 3. The highest BCUT2D eigenvalue weighted by Gasteiger charge is 2.47. The molecule has 1 aliphatic carbocycles. The molecule has 5 rings (SSSR count). The zero-order valence-corrected chi connectivity index (χ0v) is 18.4. The summed E-state index contributed by atoms with van der Waals surface area (Å²) in [5.41, 5.74) is 2.94. The number of carbonyl (C=O) groups excluding carboxylic acids is 1. The molecule has 0 aliphatic heterocycles. The molecule has 1 N–H and O–H groups in total. The van der Waals surface area contributed by atoms with E-state index in [2.05, 4.69) is 10.3 Å². The van der Waals surface area contributed by atoms with Crippen molar-refractivity contribution in [2.45, 2.75) is 18.3 Å². The van der Waals surface area contributed by atoms with Crippen molar-refractivity contribution in [3.63, 3.8) is 0 Å². The third-order valence-electron chi connectivity index (χ3n) is 6.63. The zero-order chi connectivity index (χ0) is 24.5. The van der Waals surface area contributed by atoms with Crippen LogP contribution in [0.4, 0.5) is 17.1 Å². The van der Waals surface area contributed by atoms with Crippen molar-refractivity contribution in [3.05, 3.63) is 116 Å². The summed E-state index contributed by atoms with van der Waals surface area (Å²) in [4.78, 5) is 39.2. The number of fused-ring (bicyclic) bond motifs is 1. The van der Waals surface area contributed by atoms with Crippen LogP contribution in [0.5, 0.6) is 0 Å². The highest BCUT2D eigenvalue weighted by atomic mass is 16.6. The van der Waals surface area contributed by atoms with Crippen molar-refractivity contribution in [1.82, 2.24) is 4.98 Å². The number of rotatable bonds is 6. The summed E-state index contributed by atoms with van der Waals surface area (Å²) in [5.74, 6) is -0.962. The van der Waals surface area contributed by atoms with Gasteiger partial charge in [0.15, 0.2) is 0 Å². The SMILES string of the molecule is O=C(Nc1cccc2cccnc12)C1C(c2ccc([N+](=O)[O-])cc2)CC1c1ccc([N+](=O)[O-])cc1. The van der Waals surface area contributed by atoms with Gasteiger partial charge in [-0.1, -0.05) is 42.5 Å². The number of nitro benzene ring substituents is 2. The minimum atomic E-state index is -0.461. The van der Waals surface area contributed by atoms with Gasteiger partial charge in [0.05, 0.1) is 27.0 Å². The summed E-state index contributed by atoms with van der Waals surface area (Å²) in [5, 5.41) is 26.0. The van der Waals surface area contributed by atoms with Crippen LogP contribution in [0, 0.1) is 26.1 Å². The van der Waals surface area contributed by atoms with Gasteiger partial charge in [0, 0.05) is 35.8 Å². The van der Waals surface area contributed by atoms with E-state index in [4.69, 9.17) is 0 Å². The van der Waals surface area contributed by atoms with Gasteiger partial charge in [0.2, 0.25) is 5.91 Å². The number of pyridine rings is 1. The maximum atomic E-state index is 13.6. The Morgan fingerprint density at radius 1 is 0.800 bits per heavy atom. The smallest absolute Gasteiger partial charge is 0.269 e. The Morgan fingerprint density at radius 3 is 1.89 bits per heavy atom. The van der Waals surface area contributed by atoms with Gasteiger partial charge in [-0.25, -0.2) is 0 Å². The first-order chi connectivity index (χ1) is 16.9. The fourth-order valence-corrected chi connectivity index (χ4v) is 4.81. The fraction of sp³-hybridized carbons (Fsp3) is 0.154. The molecule has 1 heterocycles.